The zero-order valence-corrected chi connectivity index (χ0v) is 16.9. The molecule has 0 fully saturated rings. The Hall–Kier alpha value is -3.71. The van der Waals surface area contributed by atoms with Crippen LogP contribution in [0.3, 0.4) is 0 Å². The number of para-hydroxylation sites is 1. The number of rotatable bonds is 5. The third-order valence-corrected chi connectivity index (χ3v) is 6.46. The van der Waals surface area contributed by atoms with Crippen LogP contribution in [0.2, 0.25) is 0 Å². The number of nitrogens with zero attached hydrogens (tertiary/aromatic N) is 1. The van der Waals surface area contributed by atoms with Crippen molar-refractivity contribution in [2.24, 2.45) is 0 Å². The average molecular weight is 418 g/mol. The lowest BCUT2D eigenvalue weighted by Gasteiger charge is -2.14. The highest BCUT2D eigenvalue weighted by Crippen LogP contribution is 2.34. The molecule has 0 spiro atoms. The summed E-state index contributed by atoms with van der Waals surface area (Å²) in [7, 11) is -4.09. The van der Waals surface area contributed by atoms with Gasteiger partial charge in [-0.15, -0.1) is 0 Å². The van der Waals surface area contributed by atoms with E-state index in [2.05, 4.69) is 5.32 Å². The van der Waals surface area contributed by atoms with Crippen LogP contribution in [0, 0.1) is 0 Å². The van der Waals surface area contributed by atoms with Gasteiger partial charge < -0.3 is 5.32 Å². The Kier molecular flexibility index (Phi) is 4.97. The molecule has 1 heterocycles. The number of carbonyl (C=O) groups excluding carboxylic acids is 2. The summed E-state index contributed by atoms with van der Waals surface area (Å²) in [6, 6.07) is 23.0. The number of hydrogen-bond donors (Lipinski definition) is 1. The molecule has 0 bridgehead atoms. The van der Waals surface area contributed by atoms with E-state index in [0.717, 1.165) is 3.97 Å². The molecule has 0 aliphatic heterocycles. The Labute approximate surface area is 173 Å². The van der Waals surface area contributed by atoms with Gasteiger partial charge in [0, 0.05) is 10.9 Å². The molecular weight excluding hydrogens is 400 g/mol. The summed E-state index contributed by atoms with van der Waals surface area (Å²) in [6.07, 6.45) is 0. The van der Waals surface area contributed by atoms with Crippen LogP contribution in [0.25, 0.3) is 10.9 Å². The number of Topliss-reactive ketones (excluding diaryl/α,β-unsaturated/α-hetero) is 1. The molecule has 6 nitrogen and oxygen atoms in total. The van der Waals surface area contributed by atoms with E-state index in [1.165, 1.54) is 19.1 Å². The first-order chi connectivity index (χ1) is 14.4. The number of carbonyl (C=O) groups is 2. The molecule has 7 heteroatoms. The molecule has 4 aromatic rings. The summed E-state index contributed by atoms with van der Waals surface area (Å²) in [5.74, 6) is -0.927. The second-order valence-corrected chi connectivity index (χ2v) is 8.49. The Bertz CT molecular complexity index is 1360. The number of ketones is 1. The predicted molar refractivity (Wildman–Crippen MR) is 115 cm³/mol. The first-order valence-corrected chi connectivity index (χ1v) is 10.7. The molecule has 1 aromatic heterocycles. The van der Waals surface area contributed by atoms with Gasteiger partial charge in [-0.3, -0.25) is 9.59 Å². The fraction of sp³-hybridized carbons (Fsp3) is 0.0435. The Morgan fingerprint density at radius 1 is 0.800 bits per heavy atom. The number of benzene rings is 3. The monoisotopic (exact) mass is 418 g/mol. The topological polar surface area (TPSA) is 85.2 Å². The molecule has 1 N–H and O–H groups in total. The first kappa shape index (κ1) is 19.6. The van der Waals surface area contributed by atoms with Crippen molar-refractivity contribution in [3.05, 3.63) is 96.1 Å². The largest absolute Gasteiger partial charge is 0.306 e. The highest BCUT2D eigenvalue weighted by Gasteiger charge is 2.29. The van der Waals surface area contributed by atoms with Crippen molar-refractivity contribution in [1.82, 2.24) is 3.97 Å². The minimum absolute atomic E-state index is 0.0519. The van der Waals surface area contributed by atoms with E-state index in [0.29, 0.717) is 16.5 Å². The number of nitrogens with one attached hydrogen (secondary N) is 1. The van der Waals surface area contributed by atoms with E-state index in [9.17, 15) is 18.0 Å². The van der Waals surface area contributed by atoms with E-state index in [1.54, 1.807) is 72.8 Å². The summed E-state index contributed by atoms with van der Waals surface area (Å²) in [6.45, 7) is 1.35. The van der Waals surface area contributed by atoms with E-state index in [4.69, 9.17) is 0 Å². The van der Waals surface area contributed by atoms with Gasteiger partial charge in [0.1, 0.15) is 5.82 Å². The predicted octanol–water partition coefficient (Wildman–Crippen LogP) is 4.33. The SMILES string of the molecule is CC(=O)c1c(NC(=O)c2ccccc2)n(S(=O)(=O)c2ccccc2)c2ccccc12. The van der Waals surface area contributed by atoms with Gasteiger partial charge in [-0.1, -0.05) is 54.6 Å². The van der Waals surface area contributed by atoms with Crippen LogP contribution in [0.1, 0.15) is 27.6 Å². The summed E-state index contributed by atoms with van der Waals surface area (Å²) < 4.78 is 28.1. The maximum Gasteiger partial charge on any atom is 0.269 e. The van der Waals surface area contributed by atoms with Crippen molar-refractivity contribution < 1.29 is 18.0 Å². The van der Waals surface area contributed by atoms with Crippen LogP contribution in [-0.4, -0.2) is 24.1 Å². The fourth-order valence-electron chi connectivity index (χ4n) is 3.40. The molecule has 0 radical (unpaired) electrons. The summed E-state index contributed by atoms with van der Waals surface area (Å²) in [5.41, 5.74) is 0.810. The van der Waals surface area contributed by atoms with Gasteiger partial charge in [-0.2, -0.15) is 0 Å². The van der Waals surface area contributed by atoms with Crippen molar-refractivity contribution >= 4 is 38.4 Å². The summed E-state index contributed by atoms with van der Waals surface area (Å²) in [4.78, 5) is 25.4. The zero-order valence-electron chi connectivity index (χ0n) is 16.1. The van der Waals surface area contributed by atoms with E-state index in [1.807, 2.05) is 0 Å². The number of amides is 1. The van der Waals surface area contributed by atoms with Gasteiger partial charge in [0.2, 0.25) is 0 Å². The quantitative estimate of drug-likeness (QED) is 0.489. The molecule has 30 heavy (non-hydrogen) atoms. The standard InChI is InChI=1S/C23H18N2O4S/c1-16(26)21-19-14-8-9-15-20(19)25(30(28,29)18-12-6-3-7-13-18)22(21)24-23(27)17-10-4-2-5-11-17/h2-15H,1H3,(H,24,27). The molecular formula is C23H18N2O4S. The van der Waals surface area contributed by atoms with E-state index >= 15 is 0 Å². The van der Waals surface area contributed by atoms with Crippen LogP contribution in [0.15, 0.2) is 89.8 Å². The average Bonchev–Trinajstić information content (AvgIpc) is 3.09. The molecule has 0 saturated heterocycles. The number of fused-ring (bicyclic) bond motifs is 1. The smallest absolute Gasteiger partial charge is 0.269 e. The van der Waals surface area contributed by atoms with Crippen LogP contribution < -0.4 is 5.32 Å². The van der Waals surface area contributed by atoms with Gasteiger partial charge in [0.05, 0.1) is 16.0 Å². The van der Waals surface area contributed by atoms with Gasteiger partial charge >= 0.3 is 0 Å². The maximum atomic E-state index is 13.5. The lowest BCUT2D eigenvalue weighted by Crippen LogP contribution is -2.21. The van der Waals surface area contributed by atoms with Crippen molar-refractivity contribution in [1.29, 1.82) is 0 Å². The van der Waals surface area contributed by atoms with Gasteiger partial charge in [-0.25, -0.2) is 12.4 Å². The molecule has 0 aliphatic rings. The second kappa shape index (κ2) is 7.61. The number of anilines is 1. The minimum atomic E-state index is -4.09. The van der Waals surface area contributed by atoms with E-state index < -0.39 is 15.9 Å². The summed E-state index contributed by atoms with van der Waals surface area (Å²) in [5, 5.41) is 3.12. The normalized spacial score (nSPS) is 11.4. The zero-order chi connectivity index (χ0) is 21.3. The molecule has 150 valence electrons. The lowest BCUT2D eigenvalue weighted by molar-refractivity contribution is 0.102. The molecule has 0 aliphatic carbocycles. The van der Waals surface area contributed by atoms with Gasteiger partial charge in [0.15, 0.2) is 5.78 Å². The minimum Gasteiger partial charge on any atom is -0.306 e. The molecule has 1 amide bonds. The molecule has 4 rings (SSSR count). The highest BCUT2D eigenvalue weighted by molar-refractivity contribution is 7.90. The third-order valence-electron chi connectivity index (χ3n) is 4.73. The maximum absolute atomic E-state index is 13.5. The molecule has 0 unspecified atom stereocenters. The van der Waals surface area contributed by atoms with Gasteiger partial charge in [-0.05, 0) is 37.3 Å². The van der Waals surface area contributed by atoms with Crippen molar-refractivity contribution in [2.75, 3.05) is 5.32 Å². The van der Waals surface area contributed by atoms with E-state index in [-0.39, 0.29) is 22.1 Å². The molecule has 3 aromatic carbocycles. The van der Waals surface area contributed by atoms with Crippen LogP contribution in [0.4, 0.5) is 5.82 Å². The van der Waals surface area contributed by atoms with Crippen molar-refractivity contribution in [2.45, 2.75) is 11.8 Å². The Morgan fingerprint density at radius 2 is 1.37 bits per heavy atom. The summed E-state index contributed by atoms with van der Waals surface area (Å²) >= 11 is 0. The third kappa shape index (κ3) is 3.29. The van der Waals surface area contributed by atoms with Crippen LogP contribution >= 0.6 is 0 Å². The lowest BCUT2D eigenvalue weighted by atomic mass is 10.1. The molecule has 0 atom stereocenters. The van der Waals surface area contributed by atoms with Crippen molar-refractivity contribution in [3.63, 3.8) is 0 Å². The highest BCUT2D eigenvalue weighted by atomic mass is 32.2. The molecule has 0 saturated carbocycles. The van der Waals surface area contributed by atoms with Crippen molar-refractivity contribution in [3.8, 4) is 0 Å². The van der Waals surface area contributed by atoms with Crippen LogP contribution in [-0.2, 0) is 10.0 Å². The number of hydrogen-bond acceptors (Lipinski definition) is 4. The van der Waals surface area contributed by atoms with Gasteiger partial charge in [0.25, 0.3) is 15.9 Å². The first-order valence-electron chi connectivity index (χ1n) is 9.22. The second-order valence-electron chi connectivity index (χ2n) is 6.70. The van der Waals surface area contributed by atoms with Crippen LogP contribution in [0.5, 0.6) is 0 Å². The number of aromatic nitrogens is 1. The fourth-order valence-corrected chi connectivity index (χ4v) is 4.91. The Balaban J connectivity index is 2.01. The Morgan fingerprint density at radius 3 is 2.00 bits per heavy atom.